The Hall–Kier alpha value is -4.27. The van der Waals surface area contributed by atoms with Gasteiger partial charge in [0.05, 0.1) is 6.54 Å². The van der Waals surface area contributed by atoms with Crippen LogP contribution in [0.5, 0.6) is 0 Å². The number of rotatable bonds is 6. The first-order chi connectivity index (χ1) is 22.0. The van der Waals surface area contributed by atoms with Gasteiger partial charge in [0, 0.05) is 24.0 Å². The zero-order valence-electron chi connectivity index (χ0n) is 27.2. The molecule has 2 amide bonds. The fraction of sp³-hybridized carbons (Fsp3) is 0.486. The fourth-order valence-corrected chi connectivity index (χ4v) is 7.74. The van der Waals surface area contributed by atoms with Gasteiger partial charge in [-0.1, -0.05) is 67.8 Å². The molecule has 2 fully saturated rings. The van der Waals surface area contributed by atoms with E-state index in [-0.39, 0.29) is 36.8 Å². The van der Waals surface area contributed by atoms with Crippen molar-refractivity contribution in [2.75, 3.05) is 13.2 Å². The standard InChI is InChI=1S/C37H44N2O7/c1-24-31(33(40)41)20-26(45-24)22-38(25-16-19-39(35(43)46-36(2,3)4)37(21-25)17-10-5-11-18-37)34(42)44-23-32-29-14-8-6-12-27(29)28-13-7-9-15-30(28)32/h6-9,12-15,20,25,32H,5,10-11,16-19,21-23H2,1-4H3,(H,40,41). The minimum atomic E-state index is -1.08. The first-order valence-corrected chi connectivity index (χ1v) is 16.4. The van der Waals surface area contributed by atoms with Crippen molar-refractivity contribution >= 4 is 18.2 Å². The Morgan fingerprint density at radius 3 is 2.22 bits per heavy atom. The number of amides is 2. The highest BCUT2D eigenvalue weighted by molar-refractivity contribution is 5.88. The quantitative estimate of drug-likeness (QED) is 0.293. The van der Waals surface area contributed by atoms with Crippen LogP contribution in [0.25, 0.3) is 11.1 Å². The van der Waals surface area contributed by atoms with Gasteiger partial charge in [0.15, 0.2) is 0 Å². The molecule has 3 aliphatic rings. The predicted octanol–water partition coefficient (Wildman–Crippen LogP) is 8.14. The van der Waals surface area contributed by atoms with Crippen LogP contribution in [0.2, 0.25) is 0 Å². The van der Waals surface area contributed by atoms with Crippen molar-refractivity contribution < 1.29 is 33.4 Å². The molecule has 1 aromatic heterocycles. The van der Waals surface area contributed by atoms with Gasteiger partial charge in [0.1, 0.15) is 29.3 Å². The molecular formula is C37H44N2O7. The Morgan fingerprint density at radius 1 is 1.00 bits per heavy atom. The Morgan fingerprint density at radius 2 is 1.63 bits per heavy atom. The third-order valence-electron chi connectivity index (χ3n) is 9.81. The monoisotopic (exact) mass is 628 g/mol. The van der Waals surface area contributed by atoms with Crippen molar-refractivity contribution in [2.45, 2.75) is 102 Å². The van der Waals surface area contributed by atoms with Gasteiger partial charge in [-0.05, 0) is 81.7 Å². The van der Waals surface area contributed by atoms with E-state index in [1.165, 1.54) is 6.07 Å². The number of likely N-dealkylation sites (tertiary alicyclic amines) is 1. The van der Waals surface area contributed by atoms with Gasteiger partial charge in [0.2, 0.25) is 0 Å². The number of hydrogen-bond acceptors (Lipinski definition) is 6. The maximum atomic E-state index is 14.2. The molecule has 2 heterocycles. The van der Waals surface area contributed by atoms with E-state index in [1.807, 2.05) is 49.9 Å². The molecule has 2 aliphatic carbocycles. The fourth-order valence-electron chi connectivity index (χ4n) is 7.74. The molecule has 0 bridgehead atoms. The van der Waals surface area contributed by atoms with Crippen LogP contribution in [0.1, 0.15) is 105 Å². The first kappa shape index (κ1) is 31.7. The minimum absolute atomic E-state index is 0.0674. The SMILES string of the molecule is Cc1oc(CN(C(=O)OCC2c3ccccc3-c3ccccc32)C2CCN(C(=O)OC(C)(C)C)C3(CCCCC3)C2)cc1C(=O)O. The van der Waals surface area contributed by atoms with Crippen molar-refractivity contribution in [2.24, 2.45) is 0 Å². The van der Waals surface area contributed by atoms with E-state index >= 15 is 0 Å². The summed E-state index contributed by atoms with van der Waals surface area (Å²) in [5, 5.41) is 9.65. The average Bonchev–Trinajstić information content (AvgIpc) is 3.55. The van der Waals surface area contributed by atoms with Crippen LogP contribution < -0.4 is 0 Å². The first-order valence-electron chi connectivity index (χ1n) is 16.4. The molecule has 1 aliphatic heterocycles. The number of aryl methyl sites for hydroxylation is 1. The number of fused-ring (bicyclic) bond motifs is 3. The Bertz CT molecular complexity index is 1570. The summed E-state index contributed by atoms with van der Waals surface area (Å²) in [6.45, 7) is 7.93. The second-order valence-corrected chi connectivity index (χ2v) is 14.0. The molecule has 1 N–H and O–H groups in total. The molecule has 244 valence electrons. The summed E-state index contributed by atoms with van der Waals surface area (Å²) in [5.74, 6) is -0.498. The van der Waals surface area contributed by atoms with E-state index in [4.69, 9.17) is 13.9 Å². The van der Waals surface area contributed by atoms with Crippen LogP contribution >= 0.6 is 0 Å². The molecule has 1 spiro atoms. The molecule has 9 nitrogen and oxygen atoms in total. The second-order valence-electron chi connectivity index (χ2n) is 14.0. The van der Waals surface area contributed by atoms with Crippen LogP contribution in [0.3, 0.4) is 0 Å². The molecule has 1 saturated heterocycles. The van der Waals surface area contributed by atoms with Gasteiger partial charge in [-0.3, -0.25) is 4.90 Å². The van der Waals surface area contributed by atoms with Crippen molar-refractivity contribution in [3.63, 3.8) is 0 Å². The largest absolute Gasteiger partial charge is 0.478 e. The van der Waals surface area contributed by atoms with Crippen molar-refractivity contribution in [3.05, 3.63) is 82.8 Å². The summed E-state index contributed by atoms with van der Waals surface area (Å²) < 4.78 is 17.9. The Kier molecular flexibility index (Phi) is 8.61. The lowest BCUT2D eigenvalue weighted by molar-refractivity contribution is -0.0465. The predicted molar refractivity (Wildman–Crippen MR) is 173 cm³/mol. The lowest BCUT2D eigenvalue weighted by Crippen LogP contribution is -2.62. The van der Waals surface area contributed by atoms with Gasteiger partial charge in [-0.25, -0.2) is 14.4 Å². The zero-order chi connectivity index (χ0) is 32.6. The van der Waals surface area contributed by atoms with E-state index in [2.05, 4.69) is 24.3 Å². The number of nitrogens with zero attached hydrogens (tertiary/aromatic N) is 2. The third-order valence-corrected chi connectivity index (χ3v) is 9.81. The third kappa shape index (κ3) is 6.24. The number of benzene rings is 2. The van der Waals surface area contributed by atoms with Gasteiger partial charge in [-0.2, -0.15) is 0 Å². The van der Waals surface area contributed by atoms with Crippen molar-refractivity contribution in [1.82, 2.24) is 9.80 Å². The molecule has 1 atom stereocenters. The van der Waals surface area contributed by atoms with E-state index in [9.17, 15) is 19.5 Å². The van der Waals surface area contributed by atoms with E-state index in [0.29, 0.717) is 30.9 Å². The Labute approximate surface area is 270 Å². The van der Waals surface area contributed by atoms with E-state index in [1.54, 1.807) is 11.8 Å². The van der Waals surface area contributed by atoms with Crippen molar-refractivity contribution in [3.8, 4) is 11.1 Å². The van der Waals surface area contributed by atoms with Crippen LogP contribution in [0, 0.1) is 6.92 Å². The Balaban J connectivity index is 1.28. The average molecular weight is 629 g/mol. The smallest absolute Gasteiger partial charge is 0.410 e. The molecule has 6 rings (SSSR count). The van der Waals surface area contributed by atoms with Gasteiger partial charge in [-0.15, -0.1) is 0 Å². The molecule has 2 aromatic carbocycles. The number of hydrogen-bond donors (Lipinski definition) is 1. The summed E-state index contributed by atoms with van der Waals surface area (Å²) in [5.41, 5.74) is 3.58. The van der Waals surface area contributed by atoms with E-state index in [0.717, 1.165) is 54.4 Å². The van der Waals surface area contributed by atoms with E-state index < -0.39 is 23.2 Å². The molecule has 9 heteroatoms. The maximum absolute atomic E-state index is 14.2. The summed E-state index contributed by atoms with van der Waals surface area (Å²) in [6, 6.07) is 17.7. The van der Waals surface area contributed by atoms with Gasteiger partial charge >= 0.3 is 18.2 Å². The number of carboxylic acids is 1. The highest BCUT2D eigenvalue weighted by atomic mass is 16.6. The lowest BCUT2D eigenvalue weighted by Gasteiger charge is -2.53. The highest BCUT2D eigenvalue weighted by Crippen LogP contribution is 2.45. The summed E-state index contributed by atoms with van der Waals surface area (Å²) >= 11 is 0. The molecule has 46 heavy (non-hydrogen) atoms. The van der Waals surface area contributed by atoms with Gasteiger partial charge in [0.25, 0.3) is 0 Å². The van der Waals surface area contributed by atoms with Gasteiger partial charge < -0.3 is 23.9 Å². The minimum Gasteiger partial charge on any atom is -0.478 e. The number of carbonyl (C=O) groups is 3. The molecule has 3 aromatic rings. The van der Waals surface area contributed by atoms with Crippen LogP contribution in [0.4, 0.5) is 9.59 Å². The zero-order valence-corrected chi connectivity index (χ0v) is 27.2. The number of carbonyl (C=O) groups excluding carboxylic acids is 2. The molecule has 1 saturated carbocycles. The lowest BCUT2D eigenvalue weighted by atomic mass is 9.73. The number of aromatic carboxylic acids is 1. The molecule has 1 unspecified atom stereocenters. The number of ether oxygens (including phenoxy) is 2. The number of furan rings is 1. The number of carboxylic acid groups (broad SMARTS) is 1. The second kappa shape index (κ2) is 12.5. The van der Waals surface area contributed by atoms with Crippen LogP contribution in [-0.2, 0) is 16.0 Å². The summed E-state index contributed by atoms with van der Waals surface area (Å²) in [4.78, 5) is 43.0. The topological polar surface area (TPSA) is 110 Å². The molecule has 0 radical (unpaired) electrons. The van der Waals surface area contributed by atoms with Crippen LogP contribution in [0.15, 0.2) is 59.0 Å². The highest BCUT2D eigenvalue weighted by Gasteiger charge is 2.48. The maximum Gasteiger partial charge on any atom is 0.410 e. The van der Waals surface area contributed by atoms with Crippen molar-refractivity contribution in [1.29, 1.82) is 0 Å². The number of piperidine rings is 1. The van der Waals surface area contributed by atoms with Crippen LogP contribution in [-0.4, -0.2) is 63.4 Å². The summed E-state index contributed by atoms with van der Waals surface area (Å²) in [7, 11) is 0. The molecular weight excluding hydrogens is 584 g/mol. The summed E-state index contributed by atoms with van der Waals surface area (Å²) in [6.07, 6.45) is 5.11. The normalized spacial score (nSPS) is 19.0.